The van der Waals surface area contributed by atoms with Gasteiger partial charge in [-0.15, -0.1) is 0 Å². The van der Waals surface area contributed by atoms with Crippen LogP contribution in [0.3, 0.4) is 0 Å². The molecule has 4 aromatic carbocycles. The molecule has 1 aliphatic carbocycles. The van der Waals surface area contributed by atoms with E-state index in [9.17, 15) is 14.7 Å². The van der Waals surface area contributed by atoms with Gasteiger partial charge in [-0.3, -0.25) is 9.59 Å². The molecule has 0 unspecified atom stereocenters. The van der Waals surface area contributed by atoms with Crippen molar-refractivity contribution in [1.29, 1.82) is 0 Å². The minimum Gasteiger partial charge on any atom is -0.497 e. The monoisotopic (exact) mass is 566 g/mol. The maximum absolute atomic E-state index is 14.7. The number of fused-ring (bicyclic) bond motifs is 4. The highest BCUT2D eigenvalue weighted by molar-refractivity contribution is 6.07. The molecule has 0 saturated heterocycles. The SMILES string of the molecule is COC(=O)[C@@H]1[C@@H](c2ccccc2)[C@]2(c3ccc(OC)cc3)Oc3cc(OCc4ccccc4)cc(OC)c3[C@@]1(O)C2=O. The molecule has 1 N–H and O–H groups in total. The highest BCUT2D eigenvalue weighted by atomic mass is 16.5. The number of aliphatic hydroxyl groups is 1. The third-order valence-electron chi connectivity index (χ3n) is 8.20. The maximum Gasteiger partial charge on any atom is 0.313 e. The number of benzene rings is 4. The van der Waals surface area contributed by atoms with Crippen LogP contribution in [0.1, 0.15) is 28.2 Å². The quantitative estimate of drug-likeness (QED) is 0.300. The van der Waals surface area contributed by atoms with E-state index in [1.165, 1.54) is 14.2 Å². The normalized spacial score (nSPS) is 23.9. The topological polar surface area (TPSA) is 101 Å². The van der Waals surface area contributed by atoms with Crippen LogP contribution in [-0.2, 0) is 32.1 Å². The molecular weight excluding hydrogens is 536 g/mol. The fourth-order valence-electron chi connectivity index (χ4n) is 6.33. The molecule has 1 aliphatic heterocycles. The van der Waals surface area contributed by atoms with Crippen molar-refractivity contribution < 1.29 is 38.4 Å². The Morgan fingerprint density at radius 1 is 0.857 bits per heavy atom. The van der Waals surface area contributed by atoms with E-state index < -0.39 is 34.8 Å². The summed E-state index contributed by atoms with van der Waals surface area (Å²) in [5.74, 6) is -2.45. The van der Waals surface area contributed by atoms with E-state index in [0.717, 1.165) is 5.56 Å². The molecule has 0 radical (unpaired) electrons. The summed E-state index contributed by atoms with van der Waals surface area (Å²) in [6.07, 6.45) is 0. The van der Waals surface area contributed by atoms with E-state index in [1.54, 1.807) is 43.5 Å². The van der Waals surface area contributed by atoms with E-state index in [2.05, 4.69) is 0 Å². The molecule has 0 spiro atoms. The first-order chi connectivity index (χ1) is 20.4. The van der Waals surface area contributed by atoms with Gasteiger partial charge >= 0.3 is 5.97 Å². The summed E-state index contributed by atoms with van der Waals surface area (Å²) in [5.41, 5.74) is -2.05. The smallest absolute Gasteiger partial charge is 0.313 e. The van der Waals surface area contributed by atoms with Gasteiger partial charge in [-0.25, -0.2) is 0 Å². The van der Waals surface area contributed by atoms with Crippen LogP contribution in [0.4, 0.5) is 0 Å². The lowest BCUT2D eigenvalue weighted by Gasteiger charge is -2.40. The Balaban J connectivity index is 1.60. The summed E-state index contributed by atoms with van der Waals surface area (Å²) in [5, 5.41) is 12.6. The first-order valence-electron chi connectivity index (χ1n) is 13.5. The Bertz CT molecular complexity index is 1620. The van der Waals surface area contributed by atoms with Gasteiger partial charge in [0.2, 0.25) is 11.4 Å². The van der Waals surface area contributed by atoms with Crippen LogP contribution in [0.5, 0.6) is 23.0 Å². The Labute approximate surface area is 243 Å². The standard InChI is InChI=1S/C34H30O8/c1-38-24-16-14-23(15-17-24)34-28(22-12-8-5-9-13-22)30(31(35)40-3)33(37,32(34)36)29-26(39-2)18-25(19-27(29)42-34)41-20-21-10-6-4-7-11-21/h4-19,28,30,37H,20H2,1-3H3/t28-,30+,33+,34+/m1/s1. The highest BCUT2D eigenvalue weighted by Crippen LogP contribution is 2.66. The van der Waals surface area contributed by atoms with Crippen LogP contribution in [0.2, 0.25) is 0 Å². The lowest BCUT2D eigenvalue weighted by atomic mass is 9.75. The van der Waals surface area contributed by atoms with E-state index in [1.807, 2.05) is 60.7 Å². The average Bonchev–Trinajstić information content (AvgIpc) is 3.16. The molecule has 0 amide bonds. The van der Waals surface area contributed by atoms with Crippen LogP contribution < -0.4 is 18.9 Å². The fraction of sp³-hybridized carbons (Fsp3) is 0.235. The van der Waals surface area contributed by atoms with E-state index in [-0.39, 0.29) is 23.7 Å². The van der Waals surface area contributed by atoms with Crippen LogP contribution in [0.25, 0.3) is 0 Å². The van der Waals surface area contributed by atoms with Crippen LogP contribution in [-0.4, -0.2) is 38.2 Å². The molecule has 2 aliphatic rings. The third kappa shape index (κ3) is 4.01. The summed E-state index contributed by atoms with van der Waals surface area (Å²) in [7, 11) is 4.20. The van der Waals surface area contributed by atoms with Gasteiger partial charge in [0.25, 0.3) is 0 Å². The average molecular weight is 567 g/mol. The summed E-state index contributed by atoms with van der Waals surface area (Å²) in [6, 6.07) is 28.8. The third-order valence-corrected chi connectivity index (χ3v) is 8.20. The van der Waals surface area contributed by atoms with Crippen molar-refractivity contribution in [3.63, 3.8) is 0 Å². The Kier molecular flexibility index (Phi) is 6.86. The van der Waals surface area contributed by atoms with Crippen LogP contribution in [0, 0.1) is 5.92 Å². The molecule has 214 valence electrons. The number of Topliss-reactive ketones (excluding diaryl/α,β-unsaturated/α-hetero) is 1. The Morgan fingerprint density at radius 3 is 2.14 bits per heavy atom. The van der Waals surface area contributed by atoms with Crippen molar-refractivity contribution in [2.24, 2.45) is 5.92 Å². The van der Waals surface area contributed by atoms with Gasteiger partial charge in [0.15, 0.2) is 5.60 Å². The van der Waals surface area contributed by atoms with Crippen molar-refractivity contribution in [3.8, 4) is 23.0 Å². The number of rotatable bonds is 8. The van der Waals surface area contributed by atoms with E-state index in [4.69, 9.17) is 23.7 Å². The molecule has 1 fully saturated rings. The van der Waals surface area contributed by atoms with Crippen molar-refractivity contribution >= 4 is 11.8 Å². The molecule has 6 rings (SSSR count). The van der Waals surface area contributed by atoms with Crippen molar-refractivity contribution in [2.75, 3.05) is 21.3 Å². The molecule has 1 saturated carbocycles. The van der Waals surface area contributed by atoms with E-state index >= 15 is 0 Å². The predicted octanol–water partition coefficient (Wildman–Crippen LogP) is 4.91. The number of ether oxygens (including phenoxy) is 5. The van der Waals surface area contributed by atoms with Crippen LogP contribution in [0.15, 0.2) is 97.1 Å². The van der Waals surface area contributed by atoms with Crippen LogP contribution >= 0.6 is 0 Å². The number of carbonyl (C=O) groups is 2. The molecular formula is C34H30O8. The Morgan fingerprint density at radius 2 is 1.52 bits per heavy atom. The molecule has 42 heavy (non-hydrogen) atoms. The van der Waals surface area contributed by atoms with Gasteiger partial charge < -0.3 is 28.8 Å². The zero-order valence-corrected chi connectivity index (χ0v) is 23.4. The summed E-state index contributed by atoms with van der Waals surface area (Å²) in [6.45, 7) is 0.271. The second-order valence-electron chi connectivity index (χ2n) is 10.3. The number of hydrogen-bond donors (Lipinski definition) is 1. The minimum atomic E-state index is -2.34. The molecule has 1 heterocycles. The minimum absolute atomic E-state index is 0.0556. The second-order valence-corrected chi connectivity index (χ2v) is 10.3. The van der Waals surface area contributed by atoms with Crippen molar-refractivity contribution in [1.82, 2.24) is 0 Å². The molecule has 8 heteroatoms. The first-order valence-corrected chi connectivity index (χ1v) is 13.5. The summed E-state index contributed by atoms with van der Waals surface area (Å²) < 4.78 is 29.1. The van der Waals surface area contributed by atoms with Gasteiger partial charge in [0, 0.05) is 17.7 Å². The highest BCUT2D eigenvalue weighted by Gasteiger charge is 2.77. The molecule has 0 aromatic heterocycles. The zero-order chi connectivity index (χ0) is 29.5. The fourth-order valence-corrected chi connectivity index (χ4v) is 6.33. The van der Waals surface area contributed by atoms with Gasteiger partial charge in [-0.05, 0) is 23.3 Å². The molecule has 4 aromatic rings. The number of methoxy groups -OCH3 is 3. The largest absolute Gasteiger partial charge is 0.497 e. The number of carbonyl (C=O) groups excluding carboxylic acids is 2. The molecule has 2 bridgehead atoms. The molecule has 8 nitrogen and oxygen atoms in total. The number of hydrogen-bond acceptors (Lipinski definition) is 8. The van der Waals surface area contributed by atoms with Gasteiger partial charge in [-0.1, -0.05) is 72.8 Å². The Hall–Kier alpha value is -4.82. The summed E-state index contributed by atoms with van der Waals surface area (Å²) >= 11 is 0. The van der Waals surface area contributed by atoms with Gasteiger partial charge in [-0.2, -0.15) is 0 Å². The zero-order valence-electron chi connectivity index (χ0n) is 23.4. The van der Waals surface area contributed by atoms with Gasteiger partial charge in [0.05, 0.1) is 32.8 Å². The van der Waals surface area contributed by atoms with Crippen molar-refractivity contribution in [2.45, 2.75) is 23.7 Å². The summed E-state index contributed by atoms with van der Waals surface area (Å²) in [4.78, 5) is 28.4. The lowest BCUT2D eigenvalue weighted by Crippen LogP contribution is -2.51. The van der Waals surface area contributed by atoms with E-state index in [0.29, 0.717) is 22.6 Å². The molecule has 4 atom stereocenters. The van der Waals surface area contributed by atoms with Gasteiger partial charge in [0.1, 0.15) is 35.5 Å². The maximum atomic E-state index is 14.7. The number of ketones is 1. The van der Waals surface area contributed by atoms with Crippen molar-refractivity contribution in [3.05, 3.63) is 119 Å². The predicted molar refractivity (Wildman–Crippen MR) is 153 cm³/mol. The lowest BCUT2D eigenvalue weighted by molar-refractivity contribution is -0.162. The number of esters is 1. The second kappa shape index (κ2) is 10.5. The first kappa shape index (κ1) is 27.4.